The van der Waals surface area contributed by atoms with E-state index in [2.05, 4.69) is 43.0 Å². The topological polar surface area (TPSA) is 47.0 Å². The van der Waals surface area contributed by atoms with Gasteiger partial charge in [-0.15, -0.1) is 0 Å². The fourth-order valence-electron chi connectivity index (χ4n) is 2.62. The fourth-order valence-corrected chi connectivity index (χ4v) is 2.62. The third-order valence-corrected chi connectivity index (χ3v) is 3.94. The minimum absolute atomic E-state index is 0.0222. The van der Waals surface area contributed by atoms with Crippen molar-refractivity contribution in [1.82, 2.24) is 15.3 Å². The van der Waals surface area contributed by atoms with Gasteiger partial charge in [-0.3, -0.25) is 0 Å². The van der Waals surface area contributed by atoms with Crippen molar-refractivity contribution in [1.29, 1.82) is 0 Å². The van der Waals surface area contributed by atoms with Crippen molar-refractivity contribution in [2.24, 2.45) is 5.92 Å². The molecule has 0 amide bonds. The molecule has 1 heterocycles. The number of aryl methyl sites for hydroxylation is 2. The highest BCUT2D eigenvalue weighted by atomic mass is 16.5. The molecule has 1 unspecified atom stereocenters. The Balaban J connectivity index is 2.10. The highest BCUT2D eigenvalue weighted by Crippen LogP contribution is 2.24. The second-order valence-electron chi connectivity index (χ2n) is 6.11. The molecule has 0 bridgehead atoms. The Morgan fingerprint density at radius 3 is 2.25 bits per heavy atom. The average molecular weight is 277 g/mol. The Labute approximate surface area is 122 Å². The van der Waals surface area contributed by atoms with Gasteiger partial charge in [0.2, 0.25) is 0 Å². The molecule has 0 aromatic carbocycles. The molecule has 4 heteroatoms. The lowest BCUT2D eigenvalue weighted by Crippen LogP contribution is -2.21. The zero-order valence-electron chi connectivity index (χ0n) is 13.4. The standard InChI is InChI=1S/C16H27N3O/c1-10(2)15(20-5)16-18-11(3)14(12(4)19-16)8-9-17-13-6-7-13/h10,13,15,17H,6-9H2,1-5H3. The van der Waals surface area contributed by atoms with E-state index >= 15 is 0 Å². The summed E-state index contributed by atoms with van der Waals surface area (Å²) < 4.78 is 5.53. The molecule has 0 radical (unpaired) electrons. The molecule has 1 saturated carbocycles. The van der Waals surface area contributed by atoms with Gasteiger partial charge in [-0.05, 0) is 51.1 Å². The van der Waals surface area contributed by atoms with Gasteiger partial charge >= 0.3 is 0 Å². The Hall–Kier alpha value is -1.00. The zero-order chi connectivity index (χ0) is 14.7. The van der Waals surface area contributed by atoms with Crippen LogP contribution in [-0.2, 0) is 11.2 Å². The van der Waals surface area contributed by atoms with Crippen molar-refractivity contribution >= 4 is 0 Å². The van der Waals surface area contributed by atoms with Gasteiger partial charge in [0.15, 0.2) is 5.82 Å². The van der Waals surface area contributed by atoms with Crippen LogP contribution in [0.15, 0.2) is 0 Å². The van der Waals surface area contributed by atoms with Crippen LogP contribution >= 0.6 is 0 Å². The minimum Gasteiger partial charge on any atom is -0.373 e. The summed E-state index contributed by atoms with van der Waals surface area (Å²) in [6, 6.07) is 0.759. The lowest BCUT2D eigenvalue weighted by Gasteiger charge is -2.20. The maximum Gasteiger partial charge on any atom is 0.157 e. The summed E-state index contributed by atoms with van der Waals surface area (Å²) in [5, 5.41) is 3.55. The van der Waals surface area contributed by atoms with Gasteiger partial charge in [-0.2, -0.15) is 0 Å². The van der Waals surface area contributed by atoms with Crippen molar-refractivity contribution in [2.75, 3.05) is 13.7 Å². The molecule has 1 aromatic heterocycles. The maximum atomic E-state index is 5.53. The molecular formula is C16H27N3O. The molecule has 0 aliphatic heterocycles. The number of aromatic nitrogens is 2. The predicted octanol–water partition coefficient (Wildman–Crippen LogP) is 2.73. The summed E-state index contributed by atoms with van der Waals surface area (Å²) in [5.41, 5.74) is 3.46. The van der Waals surface area contributed by atoms with E-state index in [4.69, 9.17) is 4.74 Å². The molecule has 1 aromatic rings. The van der Waals surface area contributed by atoms with Gasteiger partial charge in [-0.1, -0.05) is 13.8 Å². The first kappa shape index (κ1) is 15.4. The first-order valence-electron chi connectivity index (χ1n) is 7.63. The third-order valence-electron chi connectivity index (χ3n) is 3.94. The second kappa shape index (κ2) is 6.64. The summed E-state index contributed by atoms with van der Waals surface area (Å²) in [4.78, 5) is 9.35. The van der Waals surface area contributed by atoms with Crippen LogP contribution < -0.4 is 5.32 Å². The van der Waals surface area contributed by atoms with Gasteiger partial charge in [-0.25, -0.2) is 9.97 Å². The first-order valence-corrected chi connectivity index (χ1v) is 7.63. The van der Waals surface area contributed by atoms with Gasteiger partial charge in [0.1, 0.15) is 6.10 Å². The van der Waals surface area contributed by atoms with Crippen molar-refractivity contribution in [3.05, 3.63) is 22.8 Å². The molecule has 1 fully saturated rings. The van der Waals surface area contributed by atoms with E-state index in [1.807, 2.05) is 0 Å². The van der Waals surface area contributed by atoms with Crippen LogP contribution in [-0.4, -0.2) is 29.7 Å². The normalized spacial score (nSPS) is 16.7. The third kappa shape index (κ3) is 3.76. The molecule has 0 spiro atoms. The smallest absolute Gasteiger partial charge is 0.157 e. The highest BCUT2D eigenvalue weighted by molar-refractivity contribution is 5.25. The van der Waals surface area contributed by atoms with Crippen LogP contribution in [0.2, 0.25) is 0 Å². The summed E-state index contributed by atoms with van der Waals surface area (Å²) in [5.74, 6) is 1.19. The number of ether oxygens (including phenoxy) is 1. The van der Waals surface area contributed by atoms with E-state index in [1.165, 1.54) is 18.4 Å². The second-order valence-corrected chi connectivity index (χ2v) is 6.11. The zero-order valence-corrected chi connectivity index (χ0v) is 13.4. The van der Waals surface area contributed by atoms with Crippen LogP contribution in [0.3, 0.4) is 0 Å². The van der Waals surface area contributed by atoms with Gasteiger partial charge in [0.05, 0.1) is 0 Å². The number of rotatable bonds is 7. The number of nitrogens with one attached hydrogen (secondary N) is 1. The van der Waals surface area contributed by atoms with E-state index < -0.39 is 0 Å². The molecule has 1 aliphatic carbocycles. The fraction of sp³-hybridized carbons (Fsp3) is 0.750. The lowest BCUT2D eigenvalue weighted by atomic mass is 10.0. The molecule has 1 aliphatic rings. The maximum absolute atomic E-state index is 5.53. The summed E-state index contributed by atoms with van der Waals surface area (Å²) in [6.07, 6.45) is 3.65. The Morgan fingerprint density at radius 1 is 1.20 bits per heavy atom. The molecule has 1 atom stereocenters. The molecule has 1 N–H and O–H groups in total. The van der Waals surface area contributed by atoms with Crippen LogP contribution in [0.5, 0.6) is 0 Å². The summed E-state index contributed by atoms with van der Waals surface area (Å²) >= 11 is 0. The van der Waals surface area contributed by atoms with Crippen molar-refractivity contribution < 1.29 is 4.74 Å². The van der Waals surface area contributed by atoms with Crippen molar-refractivity contribution in [2.45, 2.75) is 59.1 Å². The van der Waals surface area contributed by atoms with Crippen LogP contribution in [0.1, 0.15) is 55.6 Å². The van der Waals surface area contributed by atoms with E-state index in [1.54, 1.807) is 7.11 Å². The van der Waals surface area contributed by atoms with Gasteiger partial charge < -0.3 is 10.1 Å². The van der Waals surface area contributed by atoms with Crippen LogP contribution in [0.4, 0.5) is 0 Å². The van der Waals surface area contributed by atoms with E-state index in [0.717, 1.165) is 36.2 Å². The molecule has 4 nitrogen and oxygen atoms in total. The number of nitrogens with zero attached hydrogens (tertiary/aromatic N) is 2. The quantitative estimate of drug-likeness (QED) is 0.832. The Bertz CT molecular complexity index is 432. The molecule has 2 rings (SSSR count). The van der Waals surface area contributed by atoms with Crippen LogP contribution in [0, 0.1) is 19.8 Å². The molecule has 112 valence electrons. The van der Waals surface area contributed by atoms with E-state index in [9.17, 15) is 0 Å². The number of hydrogen-bond acceptors (Lipinski definition) is 4. The summed E-state index contributed by atoms with van der Waals surface area (Å²) in [7, 11) is 1.73. The van der Waals surface area contributed by atoms with Gasteiger partial charge in [0.25, 0.3) is 0 Å². The van der Waals surface area contributed by atoms with Crippen molar-refractivity contribution in [3.63, 3.8) is 0 Å². The largest absolute Gasteiger partial charge is 0.373 e. The first-order chi connectivity index (χ1) is 9.52. The molecule has 20 heavy (non-hydrogen) atoms. The minimum atomic E-state index is -0.0222. The monoisotopic (exact) mass is 277 g/mol. The van der Waals surface area contributed by atoms with Gasteiger partial charge in [0, 0.05) is 24.5 Å². The average Bonchev–Trinajstić information content (AvgIpc) is 3.17. The van der Waals surface area contributed by atoms with E-state index in [0.29, 0.717) is 5.92 Å². The number of methoxy groups -OCH3 is 1. The van der Waals surface area contributed by atoms with Crippen molar-refractivity contribution in [3.8, 4) is 0 Å². The number of hydrogen-bond donors (Lipinski definition) is 1. The highest BCUT2D eigenvalue weighted by Gasteiger charge is 2.22. The Kier molecular flexibility index (Phi) is 5.11. The summed E-state index contributed by atoms with van der Waals surface area (Å²) in [6.45, 7) is 9.45. The van der Waals surface area contributed by atoms with Crippen LogP contribution in [0.25, 0.3) is 0 Å². The molecular weight excluding hydrogens is 250 g/mol. The lowest BCUT2D eigenvalue weighted by molar-refractivity contribution is 0.0571. The predicted molar refractivity (Wildman–Crippen MR) is 80.8 cm³/mol. The van der Waals surface area contributed by atoms with E-state index in [-0.39, 0.29) is 6.10 Å². The SMILES string of the molecule is COC(c1nc(C)c(CCNC2CC2)c(C)n1)C(C)C. The molecule has 0 saturated heterocycles. The Morgan fingerprint density at radius 2 is 1.80 bits per heavy atom.